The maximum Gasteiger partial charge on any atom is 0.270 e. The average Bonchev–Trinajstić information content (AvgIpc) is 3.25. The lowest BCUT2D eigenvalue weighted by Crippen LogP contribution is -2.31. The number of nitrogens with zero attached hydrogens (tertiary/aromatic N) is 3. The number of hydrogen-bond acceptors (Lipinski definition) is 3. The van der Waals surface area contributed by atoms with E-state index in [-0.39, 0.29) is 34.5 Å². The molecular weight excluding hydrogens is 457 g/mol. The Kier molecular flexibility index (Phi) is 7.04. The molecule has 1 aromatic heterocycles. The van der Waals surface area contributed by atoms with Crippen LogP contribution < -0.4 is 0 Å². The van der Waals surface area contributed by atoms with Gasteiger partial charge in [0.15, 0.2) is 0 Å². The summed E-state index contributed by atoms with van der Waals surface area (Å²) in [5.74, 6) is -0.651. The number of rotatable bonds is 8. The van der Waals surface area contributed by atoms with Crippen LogP contribution in [-0.2, 0) is 19.6 Å². The van der Waals surface area contributed by atoms with E-state index in [1.807, 2.05) is 59.3 Å². The van der Waals surface area contributed by atoms with Crippen LogP contribution in [-0.4, -0.2) is 20.3 Å². The van der Waals surface area contributed by atoms with Crippen molar-refractivity contribution in [3.8, 4) is 0 Å². The number of benzene rings is 3. The lowest BCUT2D eigenvalue weighted by molar-refractivity contribution is -0.384. The summed E-state index contributed by atoms with van der Waals surface area (Å²) in [4.78, 5) is 25.6. The van der Waals surface area contributed by atoms with E-state index in [0.29, 0.717) is 13.1 Å². The van der Waals surface area contributed by atoms with Gasteiger partial charge in [0.2, 0.25) is 0 Å². The Morgan fingerprint density at radius 2 is 1.71 bits per heavy atom. The van der Waals surface area contributed by atoms with Gasteiger partial charge in [-0.2, -0.15) is 0 Å². The molecule has 8 heteroatoms. The van der Waals surface area contributed by atoms with Crippen LogP contribution in [0.1, 0.15) is 27.2 Å². The number of carbonyl (C=O) groups excluding carboxylic acids is 1. The highest BCUT2D eigenvalue weighted by Gasteiger charge is 2.22. The van der Waals surface area contributed by atoms with Gasteiger partial charge in [-0.05, 0) is 41.5 Å². The van der Waals surface area contributed by atoms with E-state index in [0.717, 1.165) is 16.8 Å². The first-order valence-corrected chi connectivity index (χ1v) is 10.9. The molecule has 0 aliphatic heterocycles. The van der Waals surface area contributed by atoms with Gasteiger partial charge in [-0.15, -0.1) is 0 Å². The Labute approximate surface area is 201 Å². The molecule has 34 heavy (non-hydrogen) atoms. The first-order chi connectivity index (χ1) is 16.4. The number of halogens is 2. The fourth-order valence-corrected chi connectivity index (χ4v) is 4.00. The summed E-state index contributed by atoms with van der Waals surface area (Å²) < 4.78 is 15.6. The SMILES string of the molecule is O=C(c1ccc([N+](=O)[O-])cc1Cl)N(Cc1ccccc1)Cc1cccn1Cc1cccc(F)c1. The van der Waals surface area contributed by atoms with Gasteiger partial charge in [0.25, 0.3) is 11.6 Å². The van der Waals surface area contributed by atoms with Crippen LogP contribution in [0.15, 0.2) is 91.1 Å². The van der Waals surface area contributed by atoms with E-state index < -0.39 is 4.92 Å². The van der Waals surface area contributed by atoms with Gasteiger partial charge >= 0.3 is 0 Å². The minimum Gasteiger partial charge on any atom is -0.345 e. The van der Waals surface area contributed by atoms with Crippen molar-refractivity contribution in [1.82, 2.24) is 9.47 Å². The fraction of sp³-hybridized carbons (Fsp3) is 0.115. The Bertz CT molecular complexity index is 1320. The monoisotopic (exact) mass is 477 g/mol. The molecule has 0 radical (unpaired) electrons. The Morgan fingerprint density at radius 1 is 0.941 bits per heavy atom. The summed E-state index contributed by atoms with van der Waals surface area (Å²) in [6.07, 6.45) is 1.88. The zero-order valence-electron chi connectivity index (χ0n) is 18.1. The van der Waals surface area contributed by atoms with E-state index in [9.17, 15) is 19.3 Å². The Morgan fingerprint density at radius 3 is 2.41 bits per heavy atom. The molecule has 0 saturated carbocycles. The van der Waals surface area contributed by atoms with E-state index >= 15 is 0 Å². The molecule has 0 saturated heterocycles. The summed E-state index contributed by atoms with van der Waals surface area (Å²) >= 11 is 6.26. The predicted molar refractivity (Wildman–Crippen MR) is 128 cm³/mol. The van der Waals surface area contributed by atoms with Crippen LogP contribution in [0.4, 0.5) is 10.1 Å². The Balaban J connectivity index is 1.63. The van der Waals surface area contributed by atoms with E-state index in [1.165, 1.54) is 30.3 Å². The molecule has 3 aromatic carbocycles. The highest BCUT2D eigenvalue weighted by Crippen LogP contribution is 2.25. The molecule has 0 aliphatic carbocycles. The lowest BCUT2D eigenvalue weighted by atomic mass is 10.1. The van der Waals surface area contributed by atoms with Crippen molar-refractivity contribution in [1.29, 1.82) is 0 Å². The minimum absolute atomic E-state index is 0.0207. The molecule has 0 spiro atoms. The molecule has 0 unspecified atom stereocenters. The molecule has 1 amide bonds. The van der Waals surface area contributed by atoms with Gasteiger partial charge in [-0.3, -0.25) is 14.9 Å². The molecule has 0 fully saturated rings. The number of aromatic nitrogens is 1. The number of amides is 1. The minimum atomic E-state index is -0.554. The molecule has 6 nitrogen and oxygen atoms in total. The second-order valence-corrected chi connectivity index (χ2v) is 8.23. The molecular formula is C26H21ClFN3O3. The second-order valence-electron chi connectivity index (χ2n) is 7.83. The van der Waals surface area contributed by atoms with Gasteiger partial charge in [-0.25, -0.2) is 4.39 Å². The van der Waals surface area contributed by atoms with E-state index in [1.54, 1.807) is 11.0 Å². The molecule has 0 atom stereocenters. The van der Waals surface area contributed by atoms with Crippen LogP contribution in [0.2, 0.25) is 5.02 Å². The molecule has 0 N–H and O–H groups in total. The summed E-state index contributed by atoms with van der Waals surface area (Å²) in [5.41, 5.74) is 2.59. The third-order valence-electron chi connectivity index (χ3n) is 5.42. The van der Waals surface area contributed by atoms with Crippen molar-refractivity contribution in [2.24, 2.45) is 0 Å². The summed E-state index contributed by atoms with van der Waals surface area (Å²) in [6, 6.07) is 23.5. The molecule has 172 valence electrons. The molecule has 4 rings (SSSR count). The number of hydrogen-bond donors (Lipinski definition) is 0. The largest absolute Gasteiger partial charge is 0.345 e. The quantitative estimate of drug-likeness (QED) is 0.228. The number of carbonyl (C=O) groups is 1. The van der Waals surface area contributed by atoms with E-state index in [2.05, 4.69) is 0 Å². The predicted octanol–water partition coefficient (Wildman–Crippen LogP) is 6.08. The van der Waals surface area contributed by atoms with Crippen LogP contribution in [0.3, 0.4) is 0 Å². The summed E-state index contributed by atoms with van der Waals surface area (Å²) in [7, 11) is 0. The van der Waals surface area contributed by atoms with Gasteiger partial charge in [0, 0.05) is 37.1 Å². The van der Waals surface area contributed by atoms with Crippen LogP contribution in [0.5, 0.6) is 0 Å². The summed E-state index contributed by atoms with van der Waals surface area (Å²) in [6.45, 7) is 1.03. The summed E-state index contributed by atoms with van der Waals surface area (Å²) in [5, 5.41) is 11.1. The topological polar surface area (TPSA) is 68.4 Å². The standard InChI is InChI=1S/C26H21ClFN3O3/c27-25-15-22(31(33)34)11-12-24(25)26(32)30(16-19-6-2-1-3-7-19)18-23-10-5-13-29(23)17-20-8-4-9-21(28)14-20/h1-15H,16-18H2. The zero-order chi connectivity index (χ0) is 24.1. The van der Waals surface area contributed by atoms with E-state index in [4.69, 9.17) is 11.6 Å². The number of nitro benzene ring substituents is 1. The normalized spacial score (nSPS) is 10.8. The molecule has 1 heterocycles. The second kappa shape index (κ2) is 10.3. The van der Waals surface area contributed by atoms with Gasteiger partial charge in [0.05, 0.1) is 22.1 Å². The van der Waals surface area contributed by atoms with Crippen molar-refractivity contribution in [2.45, 2.75) is 19.6 Å². The van der Waals surface area contributed by atoms with Crippen LogP contribution in [0.25, 0.3) is 0 Å². The average molecular weight is 478 g/mol. The third kappa shape index (κ3) is 5.50. The third-order valence-corrected chi connectivity index (χ3v) is 5.73. The molecule has 0 bridgehead atoms. The number of non-ortho nitro benzene ring substituents is 1. The van der Waals surface area contributed by atoms with Crippen LogP contribution >= 0.6 is 11.6 Å². The van der Waals surface area contributed by atoms with Crippen LogP contribution in [0, 0.1) is 15.9 Å². The lowest BCUT2D eigenvalue weighted by Gasteiger charge is -2.24. The van der Waals surface area contributed by atoms with Crippen molar-refractivity contribution >= 4 is 23.2 Å². The first kappa shape index (κ1) is 23.2. The van der Waals surface area contributed by atoms with Crippen molar-refractivity contribution < 1.29 is 14.1 Å². The first-order valence-electron chi connectivity index (χ1n) is 10.6. The van der Waals surface area contributed by atoms with Crippen molar-refractivity contribution in [3.63, 3.8) is 0 Å². The zero-order valence-corrected chi connectivity index (χ0v) is 18.9. The molecule has 0 aliphatic rings. The van der Waals surface area contributed by atoms with Gasteiger partial charge < -0.3 is 9.47 Å². The highest BCUT2D eigenvalue weighted by molar-refractivity contribution is 6.34. The Hall–Kier alpha value is -3.97. The van der Waals surface area contributed by atoms with Gasteiger partial charge in [-0.1, -0.05) is 54.1 Å². The smallest absolute Gasteiger partial charge is 0.270 e. The maximum absolute atomic E-state index is 13.6. The maximum atomic E-state index is 13.6. The van der Waals surface area contributed by atoms with Gasteiger partial charge in [0.1, 0.15) is 5.82 Å². The molecule has 4 aromatic rings. The van der Waals surface area contributed by atoms with Crippen molar-refractivity contribution in [2.75, 3.05) is 0 Å². The number of nitro groups is 1. The fourth-order valence-electron chi connectivity index (χ4n) is 3.74. The van der Waals surface area contributed by atoms with Crippen molar-refractivity contribution in [3.05, 3.63) is 134 Å². The highest BCUT2D eigenvalue weighted by atomic mass is 35.5.